The number of aryl methyl sites for hydroxylation is 4. The summed E-state index contributed by atoms with van der Waals surface area (Å²) in [5.41, 5.74) is 11.9. The van der Waals surface area contributed by atoms with Crippen LogP contribution in [0.4, 0.5) is 11.9 Å². The number of nitrogens with two attached hydrogens (primary N) is 1. The molecule has 5 N–H and O–H groups in total. The van der Waals surface area contributed by atoms with E-state index in [0.29, 0.717) is 95.4 Å². The molecule has 6 rings (SSSR count). The van der Waals surface area contributed by atoms with Crippen LogP contribution in [0.3, 0.4) is 0 Å². The molecule has 0 aliphatic rings. The summed E-state index contributed by atoms with van der Waals surface area (Å²) in [4.78, 5) is 73.3. The van der Waals surface area contributed by atoms with Gasteiger partial charge in [-0.1, -0.05) is 26.0 Å². The van der Waals surface area contributed by atoms with Crippen molar-refractivity contribution in [2.75, 3.05) is 37.9 Å². The van der Waals surface area contributed by atoms with Crippen molar-refractivity contribution < 1.29 is 32.7 Å². The molecule has 0 aliphatic carbocycles. The predicted octanol–water partition coefficient (Wildman–Crippen LogP) is 4.01. The first-order valence-corrected chi connectivity index (χ1v) is 18.3. The molecule has 0 bridgehead atoms. The number of hydrogen-bond acceptors (Lipinski definition) is 14. The molecule has 0 spiro atoms. The number of oxazole rings is 2. The summed E-state index contributed by atoms with van der Waals surface area (Å²) in [5, 5.41) is 7.58. The average Bonchev–Trinajstić information content (AvgIpc) is 3.96. The monoisotopic (exact) mass is 780 g/mol. The van der Waals surface area contributed by atoms with Crippen LogP contribution in [0.15, 0.2) is 45.4 Å². The highest BCUT2D eigenvalue weighted by atomic mass is 16.5. The van der Waals surface area contributed by atoms with Crippen molar-refractivity contribution in [2.24, 2.45) is 5.73 Å². The van der Waals surface area contributed by atoms with Gasteiger partial charge in [-0.25, -0.2) is 29.9 Å². The number of nitrogens with one attached hydrogen (secondary N) is 3. The molecule has 0 saturated carbocycles. The summed E-state index contributed by atoms with van der Waals surface area (Å²) in [7, 11) is 3.73. The molecule has 298 valence electrons. The van der Waals surface area contributed by atoms with E-state index >= 15 is 0 Å². The minimum Gasteiger partial charge on any atom is -0.491 e. The quantitative estimate of drug-likeness (QED) is 0.0417. The van der Waals surface area contributed by atoms with E-state index < -0.39 is 17.7 Å². The zero-order valence-corrected chi connectivity index (χ0v) is 32.5. The van der Waals surface area contributed by atoms with Crippen molar-refractivity contribution in [1.82, 2.24) is 44.5 Å². The summed E-state index contributed by atoms with van der Waals surface area (Å²) in [6.07, 6.45) is 7.33. The van der Waals surface area contributed by atoms with Crippen molar-refractivity contribution in [3.8, 4) is 5.75 Å². The number of imidazole rings is 2. The normalized spacial score (nSPS) is 11.6. The highest BCUT2D eigenvalue weighted by Gasteiger charge is 2.24. The van der Waals surface area contributed by atoms with Gasteiger partial charge in [0.05, 0.1) is 23.5 Å². The van der Waals surface area contributed by atoms with Gasteiger partial charge in [0.15, 0.2) is 23.7 Å². The third kappa shape index (κ3) is 8.73. The number of allylic oxidation sites excluding steroid dienone is 2. The number of aldehydes is 1. The van der Waals surface area contributed by atoms with Gasteiger partial charge >= 0.3 is 0 Å². The third-order valence-electron chi connectivity index (χ3n) is 8.99. The number of carbonyl (C=O) groups is 4. The van der Waals surface area contributed by atoms with Crippen LogP contribution in [0.2, 0.25) is 0 Å². The Hall–Kier alpha value is -6.73. The van der Waals surface area contributed by atoms with Crippen LogP contribution < -0.4 is 26.5 Å². The Bertz CT molecular complexity index is 2490. The lowest BCUT2D eigenvalue weighted by Gasteiger charge is -2.16. The highest BCUT2D eigenvalue weighted by Crippen LogP contribution is 2.32. The standard InChI is InChI=1S/C38H44N12O7/c1-7-25-31(56-21(3)42-25)35(53)46-37-44-27-17-24(33(39)52)18-29(55-15-11-12-48(6)40-5)30(27)49(37)13-9-10-14-50-34-28(16-23(20-51)19-41-34)45-38(50)47-36(54)32-26(8-2)43-22(4)57-32/h9-10,16-20,40H,7-8,11-15H2,1-6H3,(H2,39,52)(H,44,46,53)(H,45,47,54)/b10-9+. The predicted molar refractivity (Wildman–Crippen MR) is 209 cm³/mol. The molecule has 0 aliphatic heterocycles. The number of nitrogens with zero attached hydrogens (tertiary/aromatic N) is 8. The summed E-state index contributed by atoms with van der Waals surface area (Å²) >= 11 is 0. The number of hydrogen-bond donors (Lipinski definition) is 4. The maximum atomic E-state index is 13.6. The maximum Gasteiger partial charge on any atom is 0.295 e. The van der Waals surface area contributed by atoms with Gasteiger partial charge < -0.3 is 23.9 Å². The summed E-state index contributed by atoms with van der Waals surface area (Å²) in [5.74, 6) is -0.269. The number of amides is 3. The Balaban J connectivity index is 1.36. The summed E-state index contributed by atoms with van der Waals surface area (Å²) < 4.78 is 20.9. The molecular formula is C38H44N12O7. The average molecular weight is 781 g/mol. The van der Waals surface area contributed by atoms with Crippen LogP contribution in [0.1, 0.15) is 85.3 Å². The molecule has 3 amide bonds. The Morgan fingerprint density at radius 2 is 1.47 bits per heavy atom. The van der Waals surface area contributed by atoms with Gasteiger partial charge in [0, 0.05) is 57.9 Å². The number of benzene rings is 1. The van der Waals surface area contributed by atoms with E-state index in [-0.39, 0.29) is 42.1 Å². The molecule has 5 aromatic heterocycles. The fraction of sp³-hybridized carbons (Fsp3) is 0.342. The van der Waals surface area contributed by atoms with E-state index in [1.807, 2.05) is 45.1 Å². The van der Waals surface area contributed by atoms with Crippen molar-refractivity contribution in [3.63, 3.8) is 0 Å². The van der Waals surface area contributed by atoms with Crippen LogP contribution in [0, 0.1) is 13.8 Å². The van der Waals surface area contributed by atoms with Crippen LogP contribution >= 0.6 is 0 Å². The van der Waals surface area contributed by atoms with Gasteiger partial charge in [0.2, 0.25) is 29.3 Å². The van der Waals surface area contributed by atoms with Gasteiger partial charge in [0.1, 0.15) is 16.8 Å². The number of aromatic nitrogens is 7. The lowest BCUT2D eigenvalue weighted by molar-refractivity contribution is 0.0985. The van der Waals surface area contributed by atoms with E-state index in [4.69, 9.17) is 24.3 Å². The van der Waals surface area contributed by atoms with Gasteiger partial charge in [-0.05, 0) is 44.5 Å². The molecule has 6 aromatic rings. The van der Waals surface area contributed by atoms with E-state index in [9.17, 15) is 19.2 Å². The molecule has 19 heteroatoms. The summed E-state index contributed by atoms with van der Waals surface area (Å²) in [6, 6.07) is 4.67. The molecule has 0 saturated heterocycles. The Kier molecular flexibility index (Phi) is 12.2. The topological polar surface area (TPSA) is 243 Å². The Labute approximate surface area is 326 Å². The number of rotatable bonds is 18. The Morgan fingerprint density at radius 1 is 0.877 bits per heavy atom. The van der Waals surface area contributed by atoms with Crippen molar-refractivity contribution in [2.45, 2.75) is 60.0 Å². The van der Waals surface area contributed by atoms with Gasteiger partial charge in [-0.3, -0.25) is 39.8 Å². The number of primary amides is 1. The second-order valence-electron chi connectivity index (χ2n) is 13.0. The summed E-state index contributed by atoms with van der Waals surface area (Å²) in [6.45, 7) is 8.38. The molecule has 0 atom stereocenters. The molecule has 57 heavy (non-hydrogen) atoms. The second kappa shape index (κ2) is 17.4. The number of ether oxygens (including phenoxy) is 1. The molecule has 0 fully saturated rings. The molecule has 19 nitrogen and oxygen atoms in total. The molecular weight excluding hydrogens is 736 g/mol. The molecule has 0 radical (unpaired) electrons. The lowest BCUT2D eigenvalue weighted by Crippen LogP contribution is -2.32. The number of carbonyl (C=O) groups excluding carboxylic acids is 4. The fourth-order valence-corrected chi connectivity index (χ4v) is 6.16. The Morgan fingerprint density at radius 3 is 2.05 bits per heavy atom. The second-order valence-corrected chi connectivity index (χ2v) is 13.0. The van der Waals surface area contributed by atoms with E-state index in [2.05, 4.69) is 36.0 Å². The number of pyridine rings is 1. The number of fused-ring (bicyclic) bond motifs is 2. The molecule has 0 unspecified atom stereocenters. The minimum absolute atomic E-state index is 0.0606. The first-order chi connectivity index (χ1) is 27.4. The number of anilines is 2. The first kappa shape index (κ1) is 39.9. The molecule has 5 heterocycles. The zero-order chi connectivity index (χ0) is 40.8. The largest absolute Gasteiger partial charge is 0.491 e. The van der Waals surface area contributed by atoms with Gasteiger partial charge in [0.25, 0.3) is 11.8 Å². The zero-order valence-electron chi connectivity index (χ0n) is 32.5. The smallest absolute Gasteiger partial charge is 0.295 e. The third-order valence-corrected chi connectivity index (χ3v) is 8.99. The first-order valence-electron chi connectivity index (χ1n) is 18.3. The van der Waals surface area contributed by atoms with Gasteiger partial charge in [-0.2, -0.15) is 0 Å². The van der Waals surface area contributed by atoms with Crippen molar-refractivity contribution in [3.05, 3.63) is 82.4 Å². The van der Waals surface area contributed by atoms with Crippen molar-refractivity contribution in [1.29, 1.82) is 0 Å². The van der Waals surface area contributed by atoms with E-state index in [1.165, 1.54) is 12.3 Å². The number of hydrazine groups is 1. The minimum atomic E-state index is -0.671. The highest BCUT2D eigenvalue weighted by molar-refractivity contribution is 6.04. The molecule has 1 aromatic carbocycles. The van der Waals surface area contributed by atoms with E-state index in [0.717, 1.165) is 0 Å². The van der Waals surface area contributed by atoms with Crippen LogP contribution in [0.25, 0.3) is 22.2 Å². The van der Waals surface area contributed by atoms with Crippen molar-refractivity contribution >= 4 is 58.1 Å². The fourth-order valence-electron chi connectivity index (χ4n) is 6.16. The maximum absolute atomic E-state index is 13.6. The van der Waals surface area contributed by atoms with Gasteiger partial charge in [-0.15, -0.1) is 0 Å². The van der Waals surface area contributed by atoms with Crippen LogP contribution in [-0.4, -0.2) is 90.3 Å². The van der Waals surface area contributed by atoms with E-state index in [1.54, 1.807) is 35.1 Å². The van der Waals surface area contributed by atoms with Crippen LogP contribution in [0.5, 0.6) is 5.75 Å². The van der Waals surface area contributed by atoms with Crippen LogP contribution in [-0.2, 0) is 25.9 Å². The SMILES string of the molecule is CCc1nc(C)oc1C(=O)Nc1nc2cc(C=O)cnc2n1C/C=C/Cn1c(NC(=O)c2oc(C)nc2CC)nc2cc(C(N)=O)cc(OCCCN(C)NC)c21. The lowest BCUT2D eigenvalue weighted by atomic mass is 10.1.